The number of aromatic nitrogens is 3. The number of nitrogens with two attached hydrogens (primary N) is 1. The lowest BCUT2D eigenvalue weighted by molar-refractivity contribution is 0.0789. The Morgan fingerprint density at radius 2 is 2.08 bits per heavy atom. The third kappa shape index (κ3) is 4.79. The molecule has 0 aliphatic rings. The van der Waals surface area contributed by atoms with Gasteiger partial charge in [0.05, 0.1) is 5.69 Å². The fraction of sp³-hybridized carbons (Fsp3) is 0.471. The Bertz CT molecular complexity index is 657. The van der Waals surface area contributed by atoms with E-state index in [0.717, 1.165) is 17.7 Å². The van der Waals surface area contributed by atoms with Crippen molar-refractivity contribution in [1.29, 1.82) is 0 Å². The zero-order valence-electron chi connectivity index (χ0n) is 14.6. The molecule has 1 atom stereocenters. The molecule has 0 radical (unpaired) electrons. The van der Waals surface area contributed by atoms with Crippen LogP contribution in [0.15, 0.2) is 30.9 Å². The van der Waals surface area contributed by atoms with Gasteiger partial charge in [-0.05, 0) is 43.0 Å². The molecule has 1 amide bonds. The summed E-state index contributed by atoms with van der Waals surface area (Å²) in [5.74, 6) is 0.428. The summed E-state index contributed by atoms with van der Waals surface area (Å²) in [6, 6.07) is 5.72. The van der Waals surface area contributed by atoms with Gasteiger partial charge in [0.1, 0.15) is 12.7 Å². The molecule has 0 bridgehead atoms. The Labute approximate surface area is 149 Å². The van der Waals surface area contributed by atoms with Crippen molar-refractivity contribution in [3.8, 4) is 5.69 Å². The van der Waals surface area contributed by atoms with Gasteiger partial charge in [-0.3, -0.25) is 4.79 Å². The molecule has 1 unspecified atom stereocenters. The van der Waals surface area contributed by atoms with Gasteiger partial charge in [0.15, 0.2) is 0 Å². The Morgan fingerprint density at radius 1 is 1.38 bits per heavy atom. The summed E-state index contributed by atoms with van der Waals surface area (Å²) >= 11 is 0. The highest BCUT2D eigenvalue weighted by Gasteiger charge is 2.15. The van der Waals surface area contributed by atoms with Crippen LogP contribution in [0, 0.1) is 12.8 Å². The molecule has 2 N–H and O–H groups in total. The smallest absolute Gasteiger partial charge is 0.253 e. The first-order valence-electron chi connectivity index (χ1n) is 7.87. The van der Waals surface area contributed by atoms with Crippen molar-refractivity contribution in [3.05, 3.63) is 42.0 Å². The van der Waals surface area contributed by atoms with Crippen LogP contribution < -0.4 is 5.73 Å². The zero-order chi connectivity index (χ0) is 17.0. The topological polar surface area (TPSA) is 77.0 Å². The molecule has 2 rings (SSSR count). The number of halogens is 1. The van der Waals surface area contributed by atoms with E-state index in [9.17, 15) is 4.79 Å². The Hall–Kier alpha value is -1.92. The number of rotatable bonds is 6. The minimum atomic E-state index is 0. The molecule has 0 aliphatic heterocycles. The number of amides is 1. The third-order valence-corrected chi connectivity index (χ3v) is 4.11. The maximum Gasteiger partial charge on any atom is 0.253 e. The predicted octanol–water partition coefficient (Wildman–Crippen LogP) is 2.44. The number of benzene rings is 1. The van der Waals surface area contributed by atoms with Crippen LogP contribution in [0.1, 0.15) is 36.2 Å². The zero-order valence-corrected chi connectivity index (χ0v) is 15.5. The monoisotopic (exact) mass is 351 g/mol. The van der Waals surface area contributed by atoms with Crippen molar-refractivity contribution in [2.75, 3.05) is 13.6 Å². The molecule has 0 saturated carbocycles. The highest BCUT2D eigenvalue weighted by molar-refractivity contribution is 5.94. The highest BCUT2D eigenvalue weighted by atomic mass is 35.5. The normalized spacial score (nSPS) is 11.9. The van der Waals surface area contributed by atoms with Gasteiger partial charge in [0, 0.05) is 25.2 Å². The van der Waals surface area contributed by atoms with Gasteiger partial charge >= 0.3 is 0 Å². The quantitative estimate of drug-likeness (QED) is 0.867. The standard InChI is InChI=1S/C17H25N5O.ClH/c1-12(2)15(18)7-8-21(4)17(23)14-5-6-16(13(3)9-14)22-11-19-10-20-22;/h5-6,9-12,15H,7-8,18H2,1-4H3;1H. The van der Waals surface area contributed by atoms with Crippen molar-refractivity contribution < 1.29 is 4.79 Å². The summed E-state index contributed by atoms with van der Waals surface area (Å²) in [7, 11) is 1.82. The number of hydrogen-bond acceptors (Lipinski definition) is 4. The van der Waals surface area contributed by atoms with Crippen molar-refractivity contribution in [2.45, 2.75) is 33.2 Å². The van der Waals surface area contributed by atoms with Crippen LogP contribution >= 0.6 is 12.4 Å². The van der Waals surface area contributed by atoms with Gasteiger partial charge in [-0.25, -0.2) is 9.67 Å². The van der Waals surface area contributed by atoms with E-state index in [1.807, 2.05) is 32.2 Å². The minimum absolute atomic E-state index is 0. The lowest BCUT2D eigenvalue weighted by atomic mass is 10.0. The van der Waals surface area contributed by atoms with Crippen molar-refractivity contribution in [2.24, 2.45) is 11.7 Å². The summed E-state index contributed by atoms with van der Waals surface area (Å²) in [5.41, 5.74) is 8.62. The van der Waals surface area contributed by atoms with E-state index in [4.69, 9.17) is 5.73 Å². The number of nitrogens with zero attached hydrogens (tertiary/aromatic N) is 4. The largest absolute Gasteiger partial charge is 0.342 e. The molecule has 1 heterocycles. The van der Waals surface area contributed by atoms with Gasteiger partial charge in [0.25, 0.3) is 5.91 Å². The van der Waals surface area contributed by atoms with E-state index in [1.165, 1.54) is 6.33 Å². The average molecular weight is 352 g/mol. The lowest BCUT2D eigenvalue weighted by Gasteiger charge is -2.22. The first-order valence-corrected chi connectivity index (χ1v) is 7.87. The van der Waals surface area contributed by atoms with Crippen LogP contribution in [0.4, 0.5) is 0 Å². The van der Waals surface area contributed by atoms with Crippen molar-refractivity contribution in [3.63, 3.8) is 0 Å². The molecule has 132 valence electrons. The van der Waals surface area contributed by atoms with Crippen LogP contribution in [0.3, 0.4) is 0 Å². The molecular weight excluding hydrogens is 326 g/mol. The predicted molar refractivity (Wildman–Crippen MR) is 97.7 cm³/mol. The van der Waals surface area contributed by atoms with Crippen LogP contribution in [0.2, 0.25) is 0 Å². The first kappa shape index (κ1) is 20.1. The second kappa shape index (κ2) is 8.80. The Kier molecular flexibility index (Phi) is 7.38. The summed E-state index contributed by atoms with van der Waals surface area (Å²) in [4.78, 5) is 18.2. The third-order valence-electron chi connectivity index (χ3n) is 4.11. The van der Waals surface area contributed by atoms with Gasteiger partial charge in [-0.2, -0.15) is 5.10 Å². The molecule has 7 heteroatoms. The summed E-state index contributed by atoms with van der Waals surface area (Å²) in [5, 5.41) is 4.12. The van der Waals surface area contributed by atoms with Crippen LogP contribution in [0.5, 0.6) is 0 Å². The Balaban J connectivity index is 0.00000288. The van der Waals surface area contributed by atoms with E-state index in [1.54, 1.807) is 15.9 Å². The van der Waals surface area contributed by atoms with Crippen molar-refractivity contribution >= 4 is 18.3 Å². The fourth-order valence-electron chi connectivity index (χ4n) is 2.38. The van der Waals surface area contributed by atoms with E-state index in [0.29, 0.717) is 18.0 Å². The van der Waals surface area contributed by atoms with Gasteiger partial charge < -0.3 is 10.6 Å². The number of carbonyl (C=O) groups excluding carboxylic acids is 1. The molecule has 0 aliphatic carbocycles. The minimum Gasteiger partial charge on any atom is -0.342 e. The van der Waals surface area contributed by atoms with Gasteiger partial charge in [0.2, 0.25) is 0 Å². The second-order valence-corrected chi connectivity index (χ2v) is 6.26. The molecule has 1 aromatic heterocycles. The lowest BCUT2D eigenvalue weighted by Crippen LogP contribution is -2.34. The van der Waals surface area contributed by atoms with Crippen molar-refractivity contribution in [1.82, 2.24) is 19.7 Å². The van der Waals surface area contributed by atoms with Crippen LogP contribution in [0.25, 0.3) is 5.69 Å². The number of hydrogen-bond donors (Lipinski definition) is 1. The van der Waals surface area contributed by atoms with E-state index in [2.05, 4.69) is 23.9 Å². The molecule has 2 aromatic rings. The molecular formula is C17H26ClN5O. The molecule has 6 nitrogen and oxygen atoms in total. The maximum atomic E-state index is 12.5. The van der Waals surface area contributed by atoms with Gasteiger partial charge in [-0.15, -0.1) is 12.4 Å². The molecule has 0 spiro atoms. The SMILES string of the molecule is Cc1cc(C(=O)N(C)CCC(N)C(C)C)ccc1-n1cncn1.Cl. The fourth-order valence-corrected chi connectivity index (χ4v) is 2.38. The maximum absolute atomic E-state index is 12.5. The van der Waals surface area contributed by atoms with E-state index in [-0.39, 0.29) is 24.4 Å². The van der Waals surface area contributed by atoms with Crippen LogP contribution in [-0.2, 0) is 0 Å². The molecule has 0 fully saturated rings. The summed E-state index contributed by atoms with van der Waals surface area (Å²) in [6.07, 6.45) is 3.93. The first-order chi connectivity index (χ1) is 10.9. The van der Waals surface area contributed by atoms with E-state index < -0.39 is 0 Å². The van der Waals surface area contributed by atoms with Crippen LogP contribution in [-0.4, -0.2) is 45.2 Å². The number of aryl methyl sites for hydroxylation is 1. The number of carbonyl (C=O) groups is 1. The molecule has 1 aromatic carbocycles. The van der Waals surface area contributed by atoms with Gasteiger partial charge in [-0.1, -0.05) is 13.8 Å². The Morgan fingerprint density at radius 3 is 2.62 bits per heavy atom. The summed E-state index contributed by atoms with van der Waals surface area (Å²) < 4.78 is 1.69. The summed E-state index contributed by atoms with van der Waals surface area (Å²) in [6.45, 7) is 6.81. The molecule has 24 heavy (non-hydrogen) atoms. The van der Waals surface area contributed by atoms with E-state index >= 15 is 0 Å². The second-order valence-electron chi connectivity index (χ2n) is 6.26. The molecule has 0 saturated heterocycles. The highest BCUT2D eigenvalue weighted by Crippen LogP contribution is 2.16. The average Bonchev–Trinajstić information content (AvgIpc) is 3.05.